The van der Waals surface area contributed by atoms with E-state index >= 15 is 0 Å². The molecule has 186 valence electrons. The molecule has 0 aliphatic carbocycles. The number of hydrogen-bond acceptors (Lipinski definition) is 9. The molecular weight excluding hydrogens is 462 g/mol. The van der Waals surface area contributed by atoms with Gasteiger partial charge in [0.25, 0.3) is 0 Å². The van der Waals surface area contributed by atoms with Crippen LogP contribution in [0.4, 0.5) is 17.6 Å². The summed E-state index contributed by atoms with van der Waals surface area (Å²) in [6.07, 6.45) is 5.25. The second kappa shape index (κ2) is 9.71. The van der Waals surface area contributed by atoms with Crippen LogP contribution in [0.2, 0.25) is 0 Å². The topological polar surface area (TPSA) is 114 Å². The molecule has 2 atom stereocenters. The van der Waals surface area contributed by atoms with Crippen LogP contribution in [-0.4, -0.2) is 86.7 Å². The summed E-state index contributed by atoms with van der Waals surface area (Å²) in [4.78, 5) is 28.4. The number of carbonyl (C=O) groups excluding carboxylic acids is 1. The van der Waals surface area contributed by atoms with E-state index in [2.05, 4.69) is 35.9 Å². The zero-order valence-electron chi connectivity index (χ0n) is 20.1. The number of anilines is 3. The van der Waals surface area contributed by atoms with E-state index in [0.717, 1.165) is 79.4 Å². The smallest absolute Gasteiger partial charge is 0.237 e. The molecule has 4 N–H and O–H groups in total. The Morgan fingerprint density at radius 1 is 1.20 bits per heavy atom. The second-order valence-electron chi connectivity index (χ2n) is 9.97. The van der Waals surface area contributed by atoms with Crippen LogP contribution in [0.25, 0.3) is 10.2 Å². The Hall–Kier alpha value is -2.76. The highest BCUT2D eigenvalue weighted by atomic mass is 32.1. The molecule has 0 radical (unpaired) electrons. The van der Waals surface area contributed by atoms with Crippen LogP contribution in [-0.2, 0) is 4.79 Å². The lowest BCUT2D eigenvalue weighted by molar-refractivity contribution is -0.142. The van der Waals surface area contributed by atoms with E-state index in [0.29, 0.717) is 30.5 Å². The number of carbonyl (C=O) groups is 1. The maximum atomic E-state index is 13.3. The van der Waals surface area contributed by atoms with Gasteiger partial charge in [0.15, 0.2) is 5.82 Å². The Kier molecular flexibility index (Phi) is 6.29. The lowest BCUT2D eigenvalue weighted by Crippen LogP contribution is -2.59. The highest BCUT2D eigenvalue weighted by Crippen LogP contribution is 2.36. The number of nitrogens with zero attached hydrogens (tertiary/aromatic N) is 5. The fraction of sp³-hybridized carbons (Fsp3) is 0.583. The first-order valence-corrected chi connectivity index (χ1v) is 13.6. The summed E-state index contributed by atoms with van der Waals surface area (Å²) < 4.78 is 0. The number of aryl methyl sites for hydroxylation is 1. The number of nitrogens with one attached hydrogen (secondary N) is 4. The van der Waals surface area contributed by atoms with E-state index in [1.54, 1.807) is 11.3 Å². The van der Waals surface area contributed by atoms with Crippen LogP contribution in [0.3, 0.4) is 0 Å². The fourth-order valence-corrected chi connectivity index (χ4v) is 6.61. The molecule has 3 fully saturated rings. The van der Waals surface area contributed by atoms with Crippen molar-refractivity contribution in [2.45, 2.75) is 57.2 Å². The van der Waals surface area contributed by atoms with Crippen molar-refractivity contribution in [1.82, 2.24) is 35.3 Å². The lowest BCUT2D eigenvalue weighted by Gasteiger charge is -2.49. The number of hydrogen-bond donors (Lipinski definition) is 4. The number of aromatic amines is 1. The third-order valence-electron chi connectivity index (χ3n) is 7.44. The quantitative estimate of drug-likeness (QED) is 0.413. The van der Waals surface area contributed by atoms with Crippen LogP contribution in [0, 0.1) is 6.92 Å². The minimum Gasteiger partial charge on any atom is -0.351 e. The maximum Gasteiger partial charge on any atom is 0.237 e. The number of piperidine rings is 2. The Morgan fingerprint density at radius 3 is 2.74 bits per heavy atom. The molecule has 10 nitrogen and oxygen atoms in total. The zero-order valence-corrected chi connectivity index (χ0v) is 20.9. The molecular formula is C24H33N9OS. The van der Waals surface area contributed by atoms with E-state index in [1.807, 2.05) is 24.4 Å². The fourth-order valence-electron chi connectivity index (χ4n) is 5.85. The highest BCUT2D eigenvalue weighted by molar-refractivity contribution is 7.16. The van der Waals surface area contributed by atoms with Gasteiger partial charge in [-0.05, 0) is 50.5 Å². The molecule has 3 aromatic heterocycles. The van der Waals surface area contributed by atoms with Crippen LogP contribution in [0.15, 0.2) is 17.5 Å². The number of thiophene rings is 1. The molecule has 6 rings (SSSR count). The van der Waals surface area contributed by atoms with E-state index in [-0.39, 0.29) is 6.04 Å². The number of aromatic nitrogens is 4. The van der Waals surface area contributed by atoms with Crippen molar-refractivity contribution in [3.63, 3.8) is 0 Å². The van der Waals surface area contributed by atoms with Gasteiger partial charge >= 0.3 is 0 Å². The number of H-pyrrole nitrogens is 1. The molecule has 0 spiro atoms. The molecule has 3 aromatic rings. The predicted octanol–water partition coefficient (Wildman–Crippen LogP) is 2.70. The number of rotatable bonds is 6. The van der Waals surface area contributed by atoms with Crippen LogP contribution >= 0.6 is 11.3 Å². The van der Waals surface area contributed by atoms with Crippen molar-refractivity contribution in [2.75, 3.05) is 43.4 Å². The summed E-state index contributed by atoms with van der Waals surface area (Å²) in [5.41, 5.74) is 0.992. The zero-order chi connectivity index (χ0) is 23.8. The Bertz CT molecular complexity index is 1170. The molecule has 0 aromatic carbocycles. The molecule has 3 aliphatic heterocycles. The van der Waals surface area contributed by atoms with Crippen molar-refractivity contribution in [1.29, 1.82) is 0 Å². The van der Waals surface area contributed by atoms with Gasteiger partial charge in [0, 0.05) is 56.1 Å². The summed E-state index contributed by atoms with van der Waals surface area (Å²) in [5, 5.41) is 20.6. The average molecular weight is 496 g/mol. The van der Waals surface area contributed by atoms with Gasteiger partial charge in [-0.15, -0.1) is 11.3 Å². The van der Waals surface area contributed by atoms with Gasteiger partial charge < -0.3 is 20.9 Å². The number of amides is 1. The number of piperazine rings is 1. The molecule has 3 aliphatic rings. The second-order valence-corrected chi connectivity index (χ2v) is 10.9. The molecule has 35 heavy (non-hydrogen) atoms. The average Bonchev–Trinajstić information content (AvgIpc) is 3.48. The molecule has 1 amide bonds. The van der Waals surface area contributed by atoms with Crippen molar-refractivity contribution >= 4 is 45.0 Å². The van der Waals surface area contributed by atoms with Crippen molar-refractivity contribution < 1.29 is 4.79 Å². The number of fused-ring (bicyclic) bond motifs is 3. The van der Waals surface area contributed by atoms with Crippen molar-refractivity contribution in [3.05, 3.63) is 23.2 Å². The lowest BCUT2D eigenvalue weighted by atomic mass is 9.81. The van der Waals surface area contributed by atoms with Gasteiger partial charge in [-0.25, -0.2) is 4.98 Å². The summed E-state index contributed by atoms with van der Waals surface area (Å²) in [7, 11) is 0. The Labute approximate surface area is 208 Å². The van der Waals surface area contributed by atoms with Gasteiger partial charge in [-0.3, -0.25) is 14.8 Å². The standard InChI is InChI=1S/C24H33N9OS/c1-15-11-20(31-30-15)27-22-19-5-10-35-23(19)29-24(28-22)26-16-12-17-3-2-4-18(13-16)33(17)21(34)14-32-8-6-25-7-9-32/h5,10-11,16-18,25H,2-4,6-9,12-14H2,1H3,(H3,26,27,28,29,30,31). The Morgan fingerprint density at radius 2 is 2.00 bits per heavy atom. The normalized spacial score (nSPS) is 25.1. The van der Waals surface area contributed by atoms with Crippen LogP contribution in [0.5, 0.6) is 0 Å². The summed E-state index contributed by atoms with van der Waals surface area (Å²) >= 11 is 1.61. The third-order valence-corrected chi connectivity index (χ3v) is 8.25. The van der Waals surface area contributed by atoms with Gasteiger partial charge in [0.05, 0.1) is 11.9 Å². The highest BCUT2D eigenvalue weighted by Gasteiger charge is 2.41. The van der Waals surface area contributed by atoms with Crippen molar-refractivity contribution in [2.24, 2.45) is 0 Å². The molecule has 6 heterocycles. The van der Waals surface area contributed by atoms with Gasteiger partial charge in [0.2, 0.25) is 11.9 Å². The van der Waals surface area contributed by atoms with Crippen LogP contribution in [0.1, 0.15) is 37.8 Å². The molecule has 3 saturated heterocycles. The first kappa shape index (κ1) is 22.7. The minimum atomic E-state index is 0.256. The molecule has 11 heteroatoms. The molecule has 2 unspecified atom stereocenters. The molecule has 2 bridgehead atoms. The van der Waals surface area contributed by atoms with Crippen LogP contribution < -0.4 is 16.0 Å². The van der Waals surface area contributed by atoms with E-state index in [4.69, 9.17) is 9.97 Å². The van der Waals surface area contributed by atoms with E-state index < -0.39 is 0 Å². The first-order valence-electron chi connectivity index (χ1n) is 12.7. The Balaban J connectivity index is 1.16. The van der Waals surface area contributed by atoms with E-state index in [1.165, 1.54) is 6.42 Å². The minimum absolute atomic E-state index is 0.256. The summed E-state index contributed by atoms with van der Waals surface area (Å²) in [5.74, 6) is 2.44. The SMILES string of the molecule is Cc1cc(Nc2nc(NC3CC4CCCC(C3)N4C(=O)CN3CCNCC3)nc3sccc23)n[nH]1. The van der Waals surface area contributed by atoms with Gasteiger partial charge in [0.1, 0.15) is 10.6 Å². The van der Waals surface area contributed by atoms with Gasteiger partial charge in [-0.2, -0.15) is 10.1 Å². The van der Waals surface area contributed by atoms with Gasteiger partial charge in [-0.1, -0.05) is 0 Å². The summed E-state index contributed by atoms with van der Waals surface area (Å²) in [6.45, 7) is 6.37. The summed E-state index contributed by atoms with van der Waals surface area (Å²) in [6, 6.07) is 4.85. The monoisotopic (exact) mass is 495 g/mol. The third kappa shape index (κ3) is 4.85. The molecule has 0 saturated carbocycles. The van der Waals surface area contributed by atoms with E-state index in [9.17, 15) is 4.79 Å². The largest absolute Gasteiger partial charge is 0.351 e. The van der Waals surface area contributed by atoms with Crippen molar-refractivity contribution in [3.8, 4) is 0 Å². The first-order chi connectivity index (χ1) is 17.1. The maximum absolute atomic E-state index is 13.3. The predicted molar refractivity (Wildman–Crippen MR) is 138 cm³/mol.